The molecule has 0 bridgehead atoms. The van der Waals surface area contributed by atoms with Crippen molar-refractivity contribution in [3.8, 4) is 33.4 Å². The third-order valence-electron chi connectivity index (χ3n) is 16.3. The number of anilines is 3. The van der Waals surface area contributed by atoms with Crippen LogP contribution in [0.25, 0.3) is 39.0 Å². The molecule has 10 aromatic rings. The van der Waals surface area contributed by atoms with Gasteiger partial charge >= 0.3 is 0 Å². The molecule has 0 aromatic heterocycles. The molecule has 0 fully saturated rings. The summed E-state index contributed by atoms with van der Waals surface area (Å²) < 4.78 is 0. The normalized spacial score (nSPS) is 15.1. The largest absolute Gasteiger partial charge is 0.310 e. The van der Waals surface area contributed by atoms with Gasteiger partial charge in [-0.25, -0.2) is 0 Å². The molecule has 13 rings (SSSR count). The molecule has 73 heavy (non-hydrogen) atoms. The fourth-order valence-corrected chi connectivity index (χ4v) is 13.2. The molecule has 0 radical (unpaired) electrons. The second-order valence-corrected chi connectivity index (χ2v) is 20.3. The van der Waals surface area contributed by atoms with E-state index in [-0.39, 0.29) is 5.41 Å². The molecular formula is C72H55N. The fraction of sp³-hybridized carbons (Fsp3) is 0.0833. The first-order valence-corrected chi connectivity index (χ1v) is 25.7. The van der Waals surface area contributed by atoms with E-state index in [1.165, 1.54) is 89.0 Å². The van der Waals surface area contributed by atoms with Crippen LogP contribution in [0.3, 0.4) is 0 Å². The van der Waals surface area contributed by atoms with Gasteiger partial charge in [-0.05, 0) is 150 Å². The Hall–Kier alpha value is -8.78. The summed E-state index contributed by atoms with van der Waals surface area (Å²) in [4.78, 5) is 2.49. The van der Waals surface area contributed by atoms with Gasteiger partial charge in [0.15, 0.2) is 0 Å². The number of benzene rings is 10. The quantitative estimate of drug-likeness (QED) is 0.132. The van der Waals surface area contributed by atoms with Gasteiger partial charge < -0.3 is 4.90 Å². The van der Waals surface area contributed by atoms with E-state index < -0.39 is 10.8 Å². The van der Waals surface area contributed by atoms with Gasteiger partial charge in [0.1, 0.15) is 0 Å². The van der Waals surface area contributed by atoms with E-state index in [1.807, 2.05) is 0 Å². The van der Waals surface area contributed by atoms with Crippen LogP contribution in [0.4, 0.5) is 17.1 Å². The number of hydrogen-bond donors (Lipinski definition) is 0. The first kappa shape index (κ1) is 44.2. The number of nitrogens with zero attached hydrogens (tertiary/aromatic N) is 1. The summed E-state index contributed by atoms with van der Waals surface area (Å²) in [7, 11) is 0. The van der Waals surface area contributed by atoms with Crippen molar-refractivity contribution in [3.63, 3.8) is 0 Å². The van der Waals surface area contributed by atoms with Gasteiger partial charge in [0, 0.05) is 22.5 Å². The fourth-order valence-electron chi connectivity index (χ4n) is 13.2. The van der Waals surface area contributed by atoms with Gasteiger partial charge in [0.05, 0.1) is 10.8 Å². The minimum atomic E-state index is -0.603. The van der Waals surface area contributed by atoms with Gasteiger partial charge in [-0.1, -0.05) is 245 Å². The molecule has 0 atom stereocenters. The highest BCUT2D eigenvalue weighted by Crippen LogP contribution is 2.59. The van der Waals surface area contributed by atoms with Crippen LogP contribution < -0.4 is 4.90 Å². The summed E-state index contributed by atoms with van der Waals surface area (Å²) in [6.45, 7) is 11.3. The summed E-state index contributed by atoms with van der Waals surface area (Å²) in [6, 6.07) is 92.8. The first-order chi connectivity index (χ1) is 35.9. The van der Waals surface area contributed by atoms with Crippen LogP contribution in [0.15, 0.2) is 279 Å². The van der Waals surface area contributed by atoms with E-state index in [2.05, 4.69) is 299 Å². The van der Waals surface area contributed by atoms with Crippen LogP contribution in [0.2, 0.25) is 0 Å². The molecule has 0 unspecified atom stereocenters. The second kappa shape index (κ2) is 17.2. The number of fused-ring (bicyclic) bond motifs is 7. The molecule has 0 saturated carbocycles. The van der Waals surface area contributed by atoms with Crippen molar-refractivity contribution >= 4 is 22.6 Å². The zero-order valence-corrected chi connectivity index (χ0v) is 41.6. The van der Waals surface area contributed by atoms with Crippen molar-refractivity contribution in [1.82, 2.24) is 0 Å². The maximum Gasteiger partial charge on any atom is 0.0714 e. The monoisotopic (exact) mass is 933 g/mol. The van der Waals surface area contributed by atoms with Crippen LogP contribution in [0.1, 0.15) is 76.4 Å². The number of allylic oxidation sites excluding steroid dienone is 5. The molecule has 0 amide bonds. The summed E-state index contributed by atoms with van der Waals surface area (Å²) in [5.74, 6) is 0. The van der Waals surface area contributed by atoms with Crippen molar-refractivity contribution in [2.75, 3.05) is 4.90 Å². The van der Waals surface area contributed by atoms with E-state index in [0.717, 1.165) is 28.2 Å². The highest BCUT2D eigenvalue weighted by Gasteiger charge is 2.48. The standard InChI is InChI=1S/C72H55N/c1-5-24-65-58(6-2)61-42-40-57(48-69(61)72(65,53-30-15-9-16-31-53)54-32-17-10-18-33-54)73(56-41-43-62-59-35-19-21-37-64(59)70(3,4)68(62)47-56)55-34-23-25-49(45-55)50-39-44-67-63(46-50)60-36-20-22-38-66(60)71(67,51-26-11-7-12-27-51)52-28-13-8-14-29-52/h5-48H,2H2,1,3-4H3/b24-5-. The third-order valence-corrected chi connectivity index (χ3v) is 16.3. The zero-order chi connectivity index (χ0) is 49.3. The minimum Gasteiger partial charge on any atom is -0.310 e. The summed E-state index contributed by atoms with van der Waals surface area (Å²) >= 11 is 0. The highest BCUT2D eigenvalue weighted by atomic mass is 15.1. The van der Waals surface area contributed by atoms with Gasteiger partial charge in [-0.2, -0.15) is 0 Å². The van der Waals surface area contributed by atoms with Crippen LogP contribution in [0, 0.1) is 0 Å². The van der Waals surface area contributed by atoms with Crippen LogP contribution in [0.5, 0.6) is 0 Å². The molecule has 348 valence electrons. The van der Waals surface area contributed by atoms with Gasteiger partial charge in [-0.3, -0.25) is 0 Å². The Morgan fingerprint density at radius 2 is 0.822 bits per heavy atom. The predicted molar refractivity (Wildman–Crippen MR) is 306 cm³/mol. The van der Waals surface area contributed by atoms with Crippen molar-refractivity contribution in [1.29, 1.82) is 0 Å². The number of hydrogen-bond acceptors (Lipinski definition) is 1. The van der Waals surface area contributed by atoms with Crippen molar-refractivity contribution in [3.05, 3.63) is 335 Å². The van der Waals surface area contributed by atoms with Crippen molar-refractivity contribution in [2.24, 2.45) is 0 Å². The van der Waals surface area contributed by atoms with Crippen molar-refractivity contribution in [2.45, 2.75) is 37.0 Å². The molecule has 0 heterocycles. The molecule has 3 aliphatic rings. The lowest BCUT2D eigenvalue weighted by Gasteiger charge is -2.36. The molecule has 0 spiro atoms. The molecular weight excluding hydrogens is 879 g/mol. The topological polar surface area (TPSA) is 3.24 Å². The van der Waals surface area contributed by atoms with E-state index in [9.17, 15) is 0 Å². The second-order valence-electron chi connectivity index (χ2n) is 20.3. The predicted octanol–water partition coefficient (Wildman–Crippen LogP) is 18.4. The molecule has 0 aliphatic heterocycles. The minimum absolute atomic E-state index is 0.178. The number of rotatable bonds is 10. The lowest BCUT2D eigenvalue weighted by molar-refractivity contribution is 0.660. The lowest BCUT2D eigenvalue weighted by atomic mass is 9.66. The molecule has 1 nitrogen and oxygen atoms in total. The summed E-state index contributed by atoms with van der Waals surface area (Å²) in [5, 5.41) is 0. The lowest BCUT2D eigenvalue weighted by Crippen LogP contribution is -2.29. The summed E-state index contributed by atoms with van der Waals surface area (Å²) in [5.41, 5.74) is 24.6. The van der Waals surface area contributed by atoms with Crippen LogP contribution in [-0.2, 0) is 16.2 Å². The van der Waals surface area contributed by atoms with Crippen molar-refractivity contribution < 1.29 is 0 Å². The van der Waals surface area contributed by atoms with Gasteiger partial charge in [0.25, 0.3) is 0 Å². The summed E-state index contributed by atoms with van der Waals surface area (Å²) in [6.07, 6.45) is 6.54. The Labute approximate surface area is 430 Å². The van der Waals surface area contributed by atoms with Crippen LogP contribution >= 0.6 is 0 Å². The van der Waals surface area contributed by atoms with E-state index in [4.69, 9.17) is 0 Å². The maximum absolute atomic E-state index is 4.45. The molecule has 1 heteroatoms. The van der Waals surface area contributed by atoms with Gasteiger partial charge in [-0.15, -0.1) is 0 Å². The van der Waals surface area contributed by atoms with E-state index in [0.29, 0.717) is 0 Å². The van der Waals surface area contributed by atoms with Gasteiger partial charge in [0.2, 0.25) is 0 Å². The SMILES string of the molecule is C=CC1=C(/C=C\C)C(c2ccccc2)(c2ccccc2)c2cc(N(c3cccc(-c4ccc5c(c4)-c4ccccc4C5(c4ccccc4)c4ccccc4)c3)c3ccc4c(c3)C(C)(C)c3ccccc3-4)ccc21. The first-order valence-electron chi connectivity index (χ1n) is 25.7. The Morgan fingerprint density at radius 3 is 1.41 bits per heavy atom. The van der Waals surface area contributed by atoms with E-state index in [1.54, 1.807) is 0 Å². The Balaban J connectivity index is 1.02. The Kier molecular flexibility index (Phi) is 10.4. The van der Waals surface area contributed by atoms with E-state index >= 15 is 0 Å². The van der Waals surface area contributed by atoms with Crippen LogP contribution in [-0.4, -0.2) is 0 Å². The third kappa shape index (κ3) is 6.48. The average molecular weight is 934 g/mol. The highest BCUT2D eigenvalue weighted by molar-refractivity contribution is 5.95. The average Bonchev–Trinajstić information content (AvgIpc) is 4.00. The molecule has 10 aromatic carbocycles. The maximum atomic E-state index is 4.45. The zero-order valence-electron chi connectivity index (χ0n) is 41.6. The Bertz CT molecular complexity index is 3760. The molecule has 3 aliphatic carbocycles. The Morgan fingerprint density at radius 1 is 0.356 bits per heavy atom. The molecule has 0 saturated heterocycles. The molecule has 0 N–H and O–H groups in total. The smallest absolute Gasteiger partial charge is 0.0714 e.